The number of hydrogen-bond acceptors (Lipinski definition) is 18. The van der Waals surface area contributed by atoms with Crippen LogP contribution in [0.25, 0.3) is 0 Å². The molecule has 31 heteroatoms. The van der Waals surface area contributed by atoms with E-state index in [1.165, 1.54) is 27.2 Å². The zero-order chi connectivity index (χ0) is 68.6. The predicted molar refractivity (Wildman–Crippen MR) is 352 cm³/mol. The highest BCUT2D eigenvalue weighted by molar-refractivity contribution is 5.07. The van der Waals surface area contributed by atoms with Gasteiger partial charge in [0.1, 0.15) is 24.3 Å². The average molecular weight is 1250 g/mol. The Morgan fingerprint density at radius 2 is 0.802 bits per heavy atom. The van der Waals surface area contributed by atoms with Crippen LogP contribution in [0.4, 0.5) is 0 Å². The molecule has 0 amide bonds. The fourth-order valence-corrected chi connectivity index (χ4v) is 6.41. The van der Waals surface area contributed by atoms with Crippen molar-refractivity contribution in [2.45, 2.75) is 90.0 Å². The molecule has 0 unspecified atom stereocenters. The van der Waals surface area contributed by atoms with Crippen LogP contribution in [0.2, 0.25) is 0 Å². The largest absolute Gasteiger partial charge is 0.357 e. The van der Waals surface area contributed by atoms with Crippen LogP contribution < -0.4 is 0 Å². The number of hydrogen-bond donors (Lipinski definition) is 0. The van der Waals surface area contributed by atoms with Gasteiger partial charge < -0.3 is 22.8 Å². The van der Waals surface area contributed by atoms with Crippen molar-refractivity contribution in [2.75, 3.05) is 0 Å². The molecule has 91 heavy (non-hydrogen) atoms. The summed E-state index contributed by atoms with van der Waals surface area (Å²) in [6, 6.07) is 6.14. The maximum absolute atomic E-state index is 4.03. The molecule has 13 heterocycles. The second-order valence-corrected chi connectivity index (χ2v) is 20.9. The highest BCUT2D eigenvalue weighted by Gasteiger charge is 1.91. The van der Waals surface area contributed by atoms with Crippen molar-refractivity contribution in [2.24, 2.45) is 91.6 Å². The quantitative estimate of drug-likeness (QED) is 0.158. The van der Waals surface area contributed by atoms with Crippen LogP contribution in [0.15, 0.2) is 130 Å². The summed E-state index contributed by atoms with van der Waals surface area (Å²) in [4.78, 5) is 21.0. The summed E-state index contributed by atoms with van der Waals surface area (Å²) in [5.41, 5.74) is 11.3. The molecule has 0 aliphatic rings. The van der Waals surface area contributed by atoms with E-state index in [9.17, 15) is 0 Å². The van der Waals surface area contributed by atoms with E-state index in [1.54, 1.807) is 84.6 Å². The van der Waals surface area contributed by atoms with Crippen LogP contribution in [-0.2, 0) is 91.6 Å². The van der Waals surface area contributed by atoms with Gasteiger partial charge in [0.2, 0.25) is 0 Å². The van der Waals surface area contributed by atoms with E-state index in [1.807, 2.05) is 245 Å². The van der Waals surface area contributed by atoms with Gasteiger partial charge in [0.25, 0.3) is 0 Å². The van der Waals surface area contributed by atoms with E-state index in [4.69, 9.17) is 0 Å². The van der Waals surface area contributed by atoms with Gasteiger partial charge in [-0.15, -0.1) is 25.5 Å². The SMILES string of the molecule is Cc1ccn(C)c1.Cc1ccn(C)c1.Cc1ccn(C)n1.Cc1cn(C)cn1.Cc1cn(C)cn1.Cc1cn(C)nn1.Cc1cn(C)nn1.Cc1cncn1C.Cc1cnn(C)c1.Cc1cnnn1C.Cc1ncn(C)n1.Cc1ncn(C)n1.Cc1nnn(C)n1. The lowest BCUT2D eigenvalue weighted by Gasteiger charge is -1.87. The zero-order valence-electron chi connectivity index (χ0n) is 58.5. The Morgan fingerprint density at radius 1 is 0.308 bits per heavy atom. The Balaban J connectivity index is 0.000000493. The van der Waals surface area contributed by atoms with E-state index in [0.717, 1.165) is 45.8 Å². The van der Waals surface area contributed by atoms with Crippen molar-refractivity contribution in [3.05, 3.63) is 204 Å². The Bertz CT molecular complexity index is 2880. The lowest BCUT2D eigenvalue weighted by molar-refractivity contribution is 0.629. The number of nitrogens with zero attached hydrogens (tertiary/aromatic N) is 31. The van der Waals surface area contributed by atoms with Crippen molar-refractivity contribution < 1.29 is 0 Å². The van der Waals surface area contributed by atoms with Crippen LogP contribution in [0.3, 0.4) is 0 Å². The first kappa shape index (κ1) is 78.4. The van der Waals surface area contributed by atoms with Gasteiger partial charge in [-0.25, -0.2) is 24.9 Å². The number of rotatable bonds is 0. The molecule has 0 atom stereocenters. The van der Waals surface area contributed by atoms with Crippen LogP contribution in [0.1, 0.15) is 74.0 Å². The first-order chi connectivity index (χ1) is 42.8. The molecule has 0 aliphatic carbocycles. The number of aryl methyl sites for hydroxylation is 26. The van der Waals surface area contributed by atoms with E-state index < -0.39 is 0 Å². The first-order valence-corrected chi connectivity index (χ1v) is 28.5. The summed E-state index contributed by atoms with van der Waals surface area (Å²) in [7, 11) is 24.7. The lowest BCUT2D eigenvalue weighted by atomic mass is 10.4. The Hall–Kier alpha value is -10.6. The van der Waals surface area contributed by atoms with Gasteiger partial charge in [-0.2, -0.15) is 25.2 Å². The minimum absolute atomic E-state index is 0.711. The molecule has 0 saturated heterocycles. The van der Waals surface area contributed by atoms with Gasteiger partial charge in [-0.1, -0.05) is 15.6 Å². The fourth-order valence-electron chi connectivity index (χ4n) is 6.41. The summed E-state index contributed by atoms with van der Waals surface area (Å²) >= 11 is 0. The van der Waals surface area contributed by atoms with Crippen molar-refractivity contribution >= 4 is 0 Å². The Kier molecular flexibility index (Phi) is 37.1. The van der Waals surface area contributed by atoms with Crippen molar-refractivity contribution in [3.63, 3.8) is 0 Å². The van der Waals surface area contributed by atoms with E-state index in [-0.39, 0.29) is 0 Å². The maximum Gasteiger partial charge on any atom is 0.171 e. The molecule has 0 aromatic carbocycles. The normalized spacial score (nSPS) is 9.43. The molecule has 0 N–H and O–H groups in total. The van der Waals surface area contributed by atoms with Gasteiger partial charge in [0, 0.05) is 158 Å². The van der Waals surface area contributed by atoms with E-state index in [0.29, 0.717) is 5.82 Å². The highest BCUT2D eigenvalue weighted by atomic mass is 15.6. The minimum atomic E-state index is 0.711. The molecule has 0 saturated carbocycles. The number of tetrazole rings is 1. The van der Waals surface area contributed by atoms with Crippen LogP contribution in [0, 0.1) is 90.0 Å². The molecule has 0 bridgehead atoms. The summed E-state index contributed by atoms with van der Waals surface area (Å²) in [5.74, 6) is 2.35. The molecule has 31 nitrogen and oxygen atoms in total. The molecular formula is C60H99N31. The summed E-state index contributed by atoms with van der Waals surface area (Å²) in [6.07, 6.45) is 33.9. The van der Waals surface area contributed by atoms with Gasteiger partial charge in [0.05, 0.1) is 72.6 Å². The van der Waals surface area contributed by atoms with Crippen molar-refractivity contribution in [3.8, 4) is 0 Å². The number of aromatic nitrogens is 31. The molecule has 0 fully saturated rings. The third kappa shape index (κ3) is 40.5. The van der Waals surface area contributed by atoms with E-state index in [2.05, 4.69) is 130 Å². The molecular weight excluding hydrogens is 1150 g/mol. The molecule has 494 valence electrons. The van der Waals surface area contributed by atoms with Crippen molar-refractivity contribution in [1.29, 1.82) is 0 Å². The standard InChI is InChI=1S/2C6H9N.5C5H8N2.5C4H7N3.C3H6N4/c2*1-6-3-4-7(2)5-6;2*1-5-3-7(2)4-6-5;1-5-3-6-4-7(5)2;1-5-3-6-7(2)4-5;1-5-3-4-7(2)6-5;2*1-4-5-3-7(2)6-4;2*1-4-3-7(2)6-5-4;1-4-3-5-6-7(4)2;1-3-4-6-7(2)5-3/h2*3-5H,1-2H3;5*3-4H,1-2H3;5*3H,1-2H3;1-2H3. The van der Waals surface area contributed by atoms with Gasteiger partial charge >= 0.3 is 0 Å². The monoisotopic (exact) mass is 1250 g/mol. The minimum Gasteiger partial charge on any atom is -0.357 e. The molecule has 13 aromatic rings. The smallest absolute Gasteiger partial charge is 0.171 e. The van der Waals surface area contributed by atoms with Gasteiger partial charge in [-0.05, 0) is 130 Å². The Morgan fingerprint density at radius 3 is 0.901 bits per heavy atom. The second-order valence-electron chi connectivity index (χ2n) is 20.9. The molecule has 13 aromatic heterocycles. The lowest BCUT2D eigenvalue weighted by Crippen LogP contribution is -1.91. The predicted octanol–water partition coefficient (Wildman–Crippen LogP) is 6.45. The van der Waals surface area contributed by atoms with Crippen LogP contribution in [-0.4, -0.2) is 152 Å². The second kappa shape index (κ2) is 43.1. The summed E-state index contributed by atoms with van der Waals surface area (Å²) < 4.78 is 21.9. The first-order valence-electron chi connectivity index (χ1n) is 28.5. The van der Waals surface area contributed by atoms with Crippen LogP contribution >= 0.6 is 0 Å². The maximum atomic E-state index is 4.03. The summed E-state index contributed by atoms with van der Waals surface area (Å²) in [6.45, 7) is 25.4. The average Bonchev–Trinajstić information content (AvgIpc) is 4.31. The molecule has 0 spiro atoms. The highest BCUT2D eigenvalue weighted by Crippen LogP contribution is 1.96. The molecule has 0 aliphatic heterocycles. The van der Waals surface area contributed by atoms with Gasteiger partial charge in [-0.3, -0.25) is 32.8 Å². The third-order valence-electron chi connectivity index (χ3n) is 10.8. The summed E-state index contributed by atoms with van der Waals surface area (Å²) in [5, 5.41) is 48.9. The Labute approximate surface area is 536 Å². The number of imidazole rings is 3. The van der Waals surface area contributed by atoms with Crippen molar-refractivity contribution in [1.82, 2.24) is 152 Å². The van der Waals surface area contributed by atoms with Gasteiger partial charge in [0.15, 0.2) is 5.82 Å². The molecule has 0 radical (unpaired) electrons. The van der Waals surface area contributed by atoms with Crippen LogP contribution in [0.5, 0.6) is 0 Å². The topological polar surface area (TPSA) is 296 Å². The molecule has 13 rings (SSSR count). The zero-order valence-corrected chi connectivity index (χ0v) is 58.5. The fraction of sp³-hybridized carbons (Fsp3) is 0.433. The third-order valence-corrected chi connectivity index (χ3v) is 10.8. The van der Waals surface area contributed by atoms with E-state index >= 15 is 0 Å².